The number of carbonyl (C=O) groups excluding carboxylic acids is 1. The maximum Gasteiger partial charge on any atom is 0.261 e. The average Bonchev–Trinajstić information content (AvgIpc) is 3.34. The van der Waals surface area contributed by atoms with Gasteiger partial charge in [-0.2, -0.15) is 5.10 Å². The summed E-state index contributed by atoms with van der Waals surface area (Å²) in [6, 6.07) is 12.6. The Morgan fingerprint density at radius 3 is 2.72 bits per heavy atom. The van der Waals surface area contributed by atoms with Crippen LogP contribution in [0.4, 0.5) is 14.5 Å². The number of aliphatic imine (C=N–C) groups is 1. The van der Waals surface area contributed by atoms with Crippen LogP contribution in [0.15, 0.2) is 53.7 Å². The van der Waals surface area contributed by atoms with Crippen LogP contribution >= 0.6 is 0 Å². The number of rotatable bonds is 3. The highest BCUT2D eigenvalue weighted by molar-refractivity contribution is 6.17. The molecule has 4 aromatic rings. The number of benzene rings is 3. The lowest BCUT2D eigenvalue weighted by Gasteiger charge is -2.12. The summed E-state index contributed by atoms with van der Waals surface area (Å²) in [6.45, 7) is 4.65. The first kappa shape index (κ1) is 20.1. The molecular weight excluding hydrogens is 410 g/mol. The third-order valence-corrected chi connectivity index (χ3v) is 6.06. The number of aryl methyl sites for hydroxylation is 2. The van der Waals surface area contributed by atoms with Gasteiger partial charge >= 0.3 is 0 Å². The zero-order valence-electron chi connectivity index (χ0n) is 17.8. The van der Waals surface area contributed by atoms with E-state index in [4.69, 9.17) is 4.99 Å². The maximum absolute atomic E-state index is 14.9. The molecule has 0 atom stereocenters. The Balaban J connectivity index is 1.50. The SMILES string of the molecule is Cc1cccc(C2=NCc3ccc(NC(=O)c4c(F)cc5c(cnn5C)c4F)cc32)c1C. The Labute approximate surface area is 183 Å². The topological polar surface area (TPSA) is 59.3 Å². The van der Waals surface area contributed by atoms with E-state index in [0.29, 0.717) is 12.2 Å². The van der Waals surface area contributed by atoms with Gasteiger partial charge in [-0.05, 0) is 42.7 Å². The number of fused-ring (bicyclic) bond motifs is 2. The van der Waals surface area contributed by atoms with Crippen molar-refractivity contribution in [1.29, 1.82) is 0 Å². The van der Waals surface area contributed by atoms with Crippen LogP contribution in [0.1, 0.15) is 38.2 Å². The van der Waals surface area contributed by atoms with E-state index in [1.807, 2.05) is 31.2 Å². The summed E-state index contributed by atoms with van der Waals surface area (Å²) in [5, 5.41) is 6.67. The van der Waals surface area contributed by atoms with Crippen molar-refractivity contribution >= 4 is 28.2 Å². The fourth-order valence-corrected chi connectivity index (χ4v) is 4.12. The quantitative estimate of drug-likeness (QED) is 0.493. The monoisotopic (exact) mass is 430 g/mol. The van der Waals surface area contributed by atoms with Crippen molar-refractivity contribution in [3.05, 3.63) is 93.7 Å². The zero-order chi connectivity index (χ0) is 22.6. The smallest absolute Gasteiger partial charge is 0.261 e. The number of hydrogen-bond donors (Lipinski definition) is 1. The van der Waals surface area contributed by atoms with Crippen molar-refractivity contribution < 1.29 is 13.6 Å². The van der Waals surface area contributed by atoms with Crippen LogP contribution in [0, 0.1) is 25.5 Å². The van der Waals surface area contributed by atoms with Crippen LogP contribution in [0.3, 0.4) is 0 Å². The number of carbonyl (C=O) groups is 1. The Kier molecular flexibility index (Phi) is 4.62. The number of nitrogens with zero attached hydrogens (tertiary/aromatic N) is 3. The summed E-state index contributed by atoms with van der Waals surface area (Å²) in [4.78, 5) is 17.5. The molecule has 0 unspecified atom stereocenters. The molecule has 2 heterocycles. The third-order valence-electron chi connectivity index (χ3n) is 6.06. The molecule has 0 saturated heterocycles. The Bertz CT molecular complexity index is 1450. The minimum atomic E-state index is -0.935. The number of halogens is 2. The normalized spacial score (nSPS) is 12.7. The second-order valence-electron chi connectivity index (χ2n) is 7.99. The zero-order valence-corrected chi connectivity index (χ0v) is 17.8. The molecule has 1 aliphatic heterocycles. The molecule has 0 fully saturated rings. The fourth-order valence-electron chi connectivity index (χ4n) is 4.12. The summed E-state index contributed by atoms with van der Waals surface area (Å²) in [5.74, 6) is -2.71. The van der Waals surface area contributed by atoms with Crippen molar-refractivity contribution in [3.8, 4) is 0 Å². The van der Waals surface area contributed by atoms with Gasteiger partial charge in [0.05, 0.1) is 29.4 Å². The molecule has 3 aromatic carbocycles. The Morgan fingerprint density at radius 2 is 1.91 bits per heavy atom. The molecule has 1 N–H and O–H groups in total. The van der Waals surface area contributed by atoms with Gasteiger partial charge < -0.3 is 5.32 Å². The number of amides is 1. The van der Waals surface area contributed by atoms with Gasteiger partial charge in [0, 0.05) is 29.9 Å². The number of anilines is 1. The highest BCUT2D eigenvalue weighted by Crippen LogP contribution is 2.29. The minimum absolute atomic E-state index is 0.0948. The van der Waals surface area contributed by atoms with Crippen LogP contribution in [-0.4, -0.2) is 21.4 Å². The van der Waals surface area contributed by atoms with E-state index in [2.05, 4.69) is 17.3 Å². The van der Waals surface area contributed by atoms with Crippen LogP contribution in [0.5, 0.6) is 0 Å². The molecule has 0 saturated carbocycles. The molecule has 5 rings (SSSR count). The van der Waals surface area contributed by atoms with E-state index >= 15 is 0 Å². The highest BCUT2D eigenvalue weighted by Gasteiger charge is 2.24. The van der Waals surface area contributed by atoms with Crippen molar-refractivity contribution in [2.45, 2.75) is 20.4 Å². The first-order valence-electron chi connectivity index (χ1n) is 10.2. The molecule has 1 aromatic heterocycles. The van der Waals surface area contributed by atoms with E-state index in [0.717, 1.165) is 34.0 Å². The van der Waals surface area contributed by atoms with E-state index in [1.54, 1.807) is 19.2 Å². The molecule has 1 aliphatic rings. The molecule has 5 nitrogen and oxygen atoms in total. The highest BCUT2D eigenvalue weighted by atomic mass is 19.1. The van der Waals surface area contributed by atoms with E-state index in [1.165, 1.54) is 16.4 Å². The van der Waals surface area contributed by atoms with Crippen molar-refractivity contribution in [1.82, 2.24) is 9.78 Å². The number of hydrogen-bond acceptors (Lipinski definition) is 3. The second-order valence-corrected chi connectivity index (χ2v) is 7.99. The molecule has 0 bridgehead atoms. The summed E-state index contributed by atoms with van der Waals surface area (Å²) in [7, 11) is 1.58. The van der Waals surface area contributed by atoms with Gasteiger partial charge in [-0.15, -0.1) is 0 Å². The lowest BCUT2D eigenvalue weighted by molar-refractivity contribution is 0.101. The summed E-state index contributed by atoms with van der Waals surface area (Å²) >= 11 is 0. The van der Waals surface area contributed by atoms with Gasteiger partial charge in [0.15, 0.2) is 0 Å². The Morgan fingerprint density at radius 1 is 1.09 bits per heavy atom. The molecule has 32 heavy (non-hydrogen) atoms. The van der Waals surface area contributed by atoms with Gasteiger partial charge in [0.1, 0.15) is 17.2 Å². The molecule has 7 heteroatoms. The summed E-state index contributed by atoms with van der Waals surface area (Å²) in [5.41, 5.74) is 6.23. The van der Waals surface area contributed by atoms with Crippen LogP contribution in [-0.2, 0) is 13.6 Å². The van der Waals surface area contributed by atoms with Crippen molar-refractivity contribution in [3.63, 3.8) is 0 Å². The minimum Gasteiger partial charge on any atom is -0.322 e. The lowest BCUT2D eigenvalue weighted by atomic mass is 9.94. The summed E-state index contributed by atoms with van der Waals surface area (Å²) < 4.78 is 30.9. The van der Waals surface area contributed by atoms with Crippen molar-refractivity contribution in [2.75, 3.05) is 5.32 Å². The first-order valence-corrected chi connectivity index (χ1v) is 10.2. The second kappa shape index (κ2) is 7.37. The maximum atomic E-state index is 14.9. The van der Waals surface area contributed by atoms with E-state index in [-0.39, 0.29) is 10.9 Å². The molecule has 0 aliphatic carbocycles. The molecule has 160 valence electrons. The van der Waals surface area contributed by atoms with Gasteiger partial charge in [-0.3, -0.25) is 14.5 Å². The van der Waals surface area contributed by atoms with Crippen LogP contribution in [0.2, 0.25) is 0 Å². The van der Waals surface area contributed by atoms with Crippen LogP contribution < -0.4 is 5.32 Å². The van der Waals surface area contributed by atoms with Gasteiger partial charge in [-0.1, -0.05) is 24.3 Å². The van der Waals surface area contributed by atoms with Crippen molar-refractivity contribution in [2.24, 2.45) is 12.0 Å². The predicted molar refractivity (Wildman–Crippen MR) is 120 cm³/mol. The molecular formula is C25H20F2N4O. The first-order chi connectivity index (χ1) is 15.3. The summed E-state index contributed by atoms with van der Waals surface area (Å²) in [6.07, 6.45) is 1.28. The molecule has 1 amide bonds. The fraction of sp³-hybridized carbons (Fsp3) is 0.160. The molecule has 0 spiro atoms. The van der Waals surface area contributed by atoms with Gasteiger partial charge in [-0.25, -0.2) is 8.78 Å². The molecule has 0 radical (unpaired) electrons. The predicted octanol–water partition coefficient (Wildman–Crippen LogP) is 5.07. The van der Waals surface area contributed by atoms with E-state index in [9.17, 15) is 13.6 Å². The van der Waals surface area contributed by atoms with E-state index < -0.39 is 23.1 Å². The van der Waals surface area contributed by atoms with Crippen LogP contribution in [0.25, 0.3) is 10.9 Å². The Hall–Kier alpha value is -3.87. The number of nitrogens with one attached hydrogen (secondary N) is 1. The lowest BCUT2D eigenvalue weighted by Crippen LogP contribution is -2.16. The largest absolute Gasteiger partial charge is 0.322 e. The third kappa shape index (κ3) is 3.09. The standard InChI is InChI=1S/C25H20F2N4O/c1-13-5-4-6-17(14(13)2)24-18-9-16(8-7-15(18)11-28-24)30-25(32)22-20(26)10-21-19(23(22)27)12-29-31(21)3/h4-10,12H,11H2,1-3H3,(H,30,32). The average molecular weight is 430 g/mol. The van der Waals surface area contributed by atoms with Gasteiger partial charge in [0.25, 0.3) is 5.91 Å². The number of aromatic nitrogens is 2. The van der Waals surface area contributed by atoms with Gasteiger partial charge in [0.2, 0.25) is 0 Å².